The van der Waals surface area contributed by atoms with Crippen molar-refractivity contribution in [2.75, 3.05) is 30.9 Å². The van der Waals surface area contributed by atoms with Crippen molar-refractivity contribution in [3.63, 3.8) is 0 Å². The zero-order valence-electron chi connectivity index (χ0n) is 11.8. The van der Waals surface area contributed by atoms with E-state index in [9.17, 15) is 0 Å². The Hall–Kier alpha value is -2.18. The molecule has 7 heteroatoms. The maximum absolute atomic E-state index is 4.44. The van der Waals surface area contributed by atoms with Crippen LogP contribution in [0.15, 0.2) is 12.4 Å². The summed E-state index contributed by atoms with van der Waals surface area (Å²) in [6, 6.07) is 0. The zero-order valence-corrected chi connectivity index (χ0v) is 11.8. The number of hydrogen-bond donors (Lipinski definition) is 1. The van der Waals surface area contributed by atoms with Gasteiger partial charge in [0.15, 0.2) is 0 Å². The molecule has 0 aliphatic heterocycles. The Labute approximate surface area is 112 Å². The number of rotatable bonds is 5. The highest BCUT2D eigenvalue weighted by molar-refractivity contribution is 5.36. The Balaban J connectivity index is 2.31. The quantitative estimate of drug-likeness (QED) is 0.854. The molecule has 0 aliphatic carbocycles. The summed E-state index contributed by atoms with van der Waals surface area (Å²) in [4.78, 5) is 19.3. The van der Waals surface area contributed by atoms with Crippen molar-refractivity contribution in [1.29, 1.82) is 0 Å². The molecule has 2 rings (SSSR count). The van der Waals surface area contributed by atoms with Gasteiger partial charge in [-0.3, -0.25) is 0 Å². The molecule has 0 unspecified atom stereocenters. The average molecular weight is 261 g/mol. The molecule has 2 heterocycles. The maximum Gasteiger partial charge on any atom is 0.229 e. The van der Waals surface area contributed by atoms with Crippen LogP contribution in [0.3, 0.4) is 0 Å². The van der Waals surface area contributed by atoms with Crippen LogP contribution in [0.1, 0.15) is 18.6 Å². The molecule has 0 saturated heterocycles. The lowest BCUT2D eigenvalue weighted by Gasteiger charge is -2.13. The SMILES string of the molecule is CCNc1nc(Cc2nccn2C)nc(N(C)C)n1. The van der Waals surface area contributed by atoms with Crippen LogP contribution >= 0.6 is 0 Å². The van der Waals surface area contributed by atoms with E-state index in [1.807, 2.05) is 43.7 Å². The molecular weight excluding hydrogens is 242 g/mol. The van der Waals surface area contributed by atoms with Crippen LogP contribution in [0.2, 0.25) is 0 Å². The molecule has 7 nitrogen and oxygen atoms in total. The minimum atomic E-state index is 0.589. The average Bonchev–Trinajstić information content (AvgIpc) is 2.75. The first-order valence-corrected chi connectivity index (χ1v) is 6.22. The molecule has 1 N–H and O–H groups in total. The van der Waals surface area contributed by atoms with Crippen molar-refractivity contribution >= 4 is 11.9 Å². The fraction of sp³-hybridized carbons (Fsp3) is 0.500. The molecule has 0 saturated carbocycles. The predicted molar refractivity (Wildman–Crippen MR) is 74.3 cm³/mol. The third-order valence-electron chi connectivity index (χ3n) is 2.64. The number of aryl methyl sites for hydroxylation is 1. The highest BCUT2D eigenvalue weighted by atomic mass is 15.3. The van der Waals surface area contributed by atoms with Gasteiger partial charge in [0.1, 0.15) is 11.6 Å². The van der Waals surface area contributed by atoms with Gasteiger partial charge in [0.2, 0.25) is 11.9 Å². The molecule has 0 bridgehead atoms. The third kappa shape index (κ3) is 3.18. The van der Waals surface area contributed by atoms with Crippen LogP contribution in [0.4, 0.5) is 11.9 Å². The van der Waals surface area contributed by atoms with Gasteiger partial charge in [0, 0.05) is 40.1 Å². The number of hydrogen-bond acceptors (Lipinski definition) is 6. The van der Waals surface area contributed by atoms with Gasteiger partial charge in [-0.05, 0) is 6.92 Å². The van der Waals surface area contributed by atoms with Crippen LogP contribution < -0.4 is 10.2 Å². The van der Waals surface area contributed by atoms with Gasteiger partial charge in [-0.1, -0.05) is 0 Å². The molecule has 19 heavy (non-hydrogen) atoms. The third-order valence-corrected chi connectivity index (χ3v) is 2.64. The van der Waals surface area contributed by atoms with Crippen molar-refractivity contribution < 1.29 is 0 Å². The molecule has 0 spiro atoms. The number of anilines is 2. The van der Waals surface area contributed by atoms with Gasteiger partial charge in [-0.25, -0.2) is 4.98 Å². The highest BCUT2D eigenvalue weighted by Gasteiger charge is 2.10. The predicted octanol–water partition coefficient (Wildman–Crippen LogP) is 0.694. The molecule has 0 radical (unpaired) electrons. The van der Waals surface area contributed by atoms with E-state index in [0.29, 0.717) is 24.1 Å². The Morgan fingerprint density at radius 2 is 2.05 bits per heavy atom. The first-order chi connectivity index (χ1) is 9.10. The molecule has 2 aromatic heterocycles. The topological polar surface area (TPSA) is 71.8 Å². The summed E-state index contributed by atoms with van der Waals surface area (Å²) in [5, 5.41) is 3.12. The monoisotopic (exact) mass is 261 g/mol. The second-order valence-corrected chi connectivity index (χ2v) is 4.43. The van der Waals surface area contributed by atoms with E-state index in [2.05, 4.69) is 25.3 Å². The minimum Gasteiger partial charge on any atom is -0.354 e. The fourth-order valence-electron chi connectivity index (χ4n) is 1.63. The summed E-state index contributed by atoms with van der Waals surface area (Å²) in [5.41, 5.74) is 0. The van der Waals surface area contributed by atoms with Crippen molar-refractivity contribution in [3.05, 3.63) is 24.0 Å². The summed E-state index contributed by atoms with van der Waals surface area (Å²) in [6.07, 6.45) is 4.27. The fourth-order valence-corrected chi connectivity index (χ4v) is 1.63. The molecule has 0 aliphatic rings. The van der Waals surface area contributed by atoms with Crippen molar-refractivity contribution in [1.82, 2.24) is 24.5 Å². The summed E-state index contributed by atoms with van der Waals surface area (Å²) in [5.74, 6) is 2.89. The summed E-state index contributed by atoms with van der Waals surface area (Å²) in [7, 11) is 5.78. The standard InChI is InChI=1S/C12H19N7/c1-5-13-11-15-9(16-12(17-11)18(2)3)8-10-14-6-7-19(10)4/h6-7H,5,8H2,1-4H3,(H,13,15,16,17). The minimum absolute atomic E-state index is 0.589. The normalized spacial score (nSPS) is 10.5. The summed E-state index contributed by atoms with van der Waals surface area (Å²) in [6.45, 7) is 2.79. The van der Waals surface area contributed by atoms with E-state index >= 15 is 0 Å². The van der Waals surface area contributed by atoms with Crippen molar-refractivity contribution in [3.8, 4) is 0 Å². The first-order valence-electron chi connectivity index (χ1n) is 6.22. The lowest BCUT2D eigenvalue weighted by molar-refractivity contribution is 0.784. The number of imidazole rings is 1. The van der Waals surface area contributed by atoms with Crippen molar-refractivity contribution in [2.24, 2.45) is 7.05 Å². The van der Waals surface area contributed by atoms with Crippen LogP contribution in [0.5, 0.6) is 0 Å². The van der Waals surface area contributed by atoms with E-state index in [0.717, 1.165) is 12.4 Å². The molecular formula is C12H19N7. The van der Waals surface area contributed by atoms with Gasteiger partial charge < -0.3 is 14.8 Å². The van der Waals surface area contributed by atoms with Gasteiger partial charge in [0.25, 0.3) is 0 Å². The van der Waals surface area contributed by atoms with Crippen LogP contribution in [-0.2, 0) is 13.5 Å². The maximum atomic E-state index is 4.44. The van der Waals surface area contributed by atoms with Crippen LogP contribution in [-0.4, -0.2) is 45.1 Å². The summed E-state index contributed by atoms with van der Waals surface area (Å²) < 4.78 is 1.96. The zero-order chi connectivity index (χ0) is 13.8. The lowest BCUT2D eigenvalue weighted by Crippen LogP contribution is -2.17. The smallest absolute Gasteiger partial charge is 0.229 e. The Morgan fingerprint density at radius 3 is 2.63 bits per heavy atom. The van der Waals surface area contributed by atoms with E-state index in [1.54, 1.807) is 6.20 Å². The van der Waals surface area contributed by atoms with Crippen LogP contribution in [0.25, 0.3) is 0 Å². The molecule has 0 atom stereocenters. The van der Waals surface area contributed by atoms with E-state index in [1.165, 1.54) is 0 Å². The van der Waals surface area contributed by atoms with Gasteiger partial charge in [0.05, 0.1) is 6.42 Å². The molecule has 102 valence electrons. The number of nitrogens with zero attached hydrogens (tertiary/aromatic N) is 6. The summed E-state index contributed by atoms with van der Waals surface area (Å²) >= 11 is 0. The second kappa shape index (κ2) is 5.64. The van der Waals surface area contributed by atoms with E-state index < -0.39 is 0 Å². The largest absolute Gasteiger partial charge is 0.354 e. The molecule has 0 aromatic carbocycles. The van der Waals surface area contributed by atoms with Gasteiger partial charge in [-0.15, -0.1) is 0 Å². The molecule has 0 fully saturated rings. The van der Waals surface area contributed by atoms with Gasteiger partial charge in [-0.2, -0.15) is 15.0 Å². The number of nitrogens with one attached hydrogen (secondary N) is 1. The van der Waals surface area contributed by atoms with Gasteiger partial charge >= 0.3 is 0 Å². The van der Waals surface area contributed by atoms with E-state index in [4.69, 9.17) is 0 Å². The van der Waals surface area contributed by atoms with Crippen LogP contribution in [0, 0.1) is 0 Å². The van der Waals surface area contributed by atoms with E-state index in [-0.39, 0.29) is 0 Å². The van der Waals surface area contributed by atoms with Crippen molar-refractivity contribution in [2.45, 2.75) is 13.3 Å². The second-order valence-electron chi connectivity index (χ2n) is 4.43. The highest BCUT2D eigenvalue weighted by Crippen LogP contribution is 2.10. The number of aromatic nitrogens is 5. The molecule has 0 amide bonds. The Kier molecular flexibility index (Phi) is 3.94. The Morgan fingerprint density at radius 1 is 1.26 bits per heavy atom. The molecule has 2 aromatic rings. The Bertz CT molecular complexity index is 547. The first kappa shape index (κ1) is 13.3. The lowest BCUT2D eigenvalue weighted by atomic mass is 10.4.